The summed E-state index contributed by atoms with van der Waals surface area (Å²) >= 11 is 0. The molecule has 0 saturated carbocycles. The van der Waals surface area contributed by atoms with Crippen molar-refractivity contribution in [2.24, 2.45) is 5.92 Å². The van der Waals surface area contributed by atoms with Gasteiger partial charge in [0.25, 0.3) is 5.69 Å². The van der Waals surface area contributed by atoms with Crippen LogP contribution < -0.4 is 5.32 Å². The average molecular weight is 238 g/mol. The Morgan fingerprint density at radius 1 is 1.59 bits per heavy atom. The first-order chi connectivity index (χ1) is 7.95. The van der Waals surface area contributed by atoms with Crippen LogP contribution in [0.1, 0.15) is 20.3 Å². The number of phenols is 1. The average Bonchev–Trinajstić information content (AvgIpc) is 2.30. The van der Waals surface area contributed by atoms with Gasteiger partial charge < -0.3 is 10.4 Å². The Morgan fingerprint density at radius 2 is 2.24 bits per heavy atom. The molecule has 1 amide bonds. The number of non-ortho nitro benzene ring substituents is 1. The van der Waals surface area contributed by atoms with Gasteiger partial charge in [-0.1, -0.05) is 13.8 Å². The number of carbonyl (C=O) groups excluding carboxylic acids is 1. The predicted molar refractivity (Wildman–Crippen MR) is 62.8 cm³/mol. The molecule has 0 bridgehead atoms. The topological polar surface area (TPSA) is 92.5 Å². The molecule has 6 heteroatoms. The van der Waals surface area contributed by atoms with Crippen molar-refractivity contribution in [2.75, 3.05) is 5.32 Å². The summed E-state index contributed by atoms with van der Waals surface area (Å²) < 4.78 is 0. The van der Waals surface area contributed by atoms with Crippen molar-refractivity contribution in [1.82, 2.24) is 0 Å². The monoisotopic (exact) mass is 238 g/mol. The number of phenolic OH excluding ortho intramolecular Hbond substituents is 1. The molecule has 0 heterocycles. The van der Waals surface area contributed by atoms with E-state index in [2.05, 4.69) is 5.32 Å². The number of nitrogens with one attached hydrogen (secondary N) is 1. The van der Waals surface area contributed by atoms with E-state index in [9.17, 15) is 20.0 Å². The number of nitrogens with zero attached hydrogens (tertiary/aromatic N) is 1. The fraction of sp³-hybridized carbons (Fsp3) is 0.364. The molecule has 1 aromatic carbocycles. The molecule has 0 aliphatic rings. The molecule has 1 unspecified atom stereocenters. The van der Waals surface area contributed by atoms with Crippen molar-refractivity contribution in [3.05, 3.63) is 28.3 Å². The highest BCUT2D eigenvalue weighted by molar-refractivity contribution is 5.93. The maximum Gasteiger partial charge on any atom is 0.273 e. The lowest BCUT2D eigenvalue weighted by atomic mass is 10.1. The zero-order chi connectivity index (χ0) is 13.0. The second kappa shape index (κ2) is 5.29. The standard InChI is InChI=1S/C11H14N2O4/c1-3-7(2)11(15)12-9-5-4-8(13(16)17)6-10(9)14/h4-7,14H,3H2,1-2H3,(H,12,15). The van der Waals surface area contributed by atoms with E-state index in [1.165, 1.54) is 12.1 Å². The van der Waals surface area contributed by atoms with Gasteiger partial charge in [-0.05, 0) is 12.5 Å². The largest absolute Gasteiger partial charge is 0.506 e. The minimum atomic E-state index is -0.611. The molecule has 0 aliphatic heterocycles. The molecule has 17 heavy (non-hydrogen) atoms. The van der Waals surface area contributed by atoms with Gasteiger partial charge in [0.15, 0.2) is 0 Å². The van der Waals surface area contributed by atoms with Gasteiger partial charge >= 0.3 is 0 Å². The van der Waals surface area contributed by atoms with Crippen molar-refractivity contribution in [3.8, 4) is 5.75 Å². The van der Waals surface area contributed by atoms with Gasteiger partial charge in [-0.15, -0.1) is 0 Å². The first-order valence-electron chi connectivity index (χ1n) is 5.24. The van der Waals surface area contributed by atoms with Gasteiger partial charge in [0, 0.05) is 12.0 Å². The van der Waals surface area contributed by atoms with Crippen LogP contribution in [0.3, 0.4) is 0 Å². The summed E-state index contributed by atoms with van der Waals surface area (Å²) in [4.78, 5) is 21.4. The van der Waals surface area contributed by atoms with E-state index in [4.69, 9.17) is 0 Å². The second-order valence-corrected chi connectivity index (χ2v) is 3.76. The van der Waals surface area contributed by atoms with Crippen LogP contribution in [0.2, 0.25) is 0 Å². The first kappa shape index (κ1) is 13.0. The maximum absolute atomic E-state index is 11.6. The quantitative estimate of drug-likeness (QED) is 0.478. The normalized spacial score (nSPS) is 11.9. The molecule has 0 aliphatic carbocycles. The van der Waals surface area contributed by atoms with Crippen LogP contribution in [0.25, 0.3) is 0 Å². The van der Waals surface area contributed by atoms with Gasteiger partial charge in [0.05, 0.1) is 16.7 Å². The molecular weight excluding hydrogens is 224 g/mol. The van der Waals surface area contributed by atoms with E-state index in [0.29, 0.717) is 6.42 Å². The molecular formula is C11H14N2O4. The summed E-state index contributed by atoms with van der Waals surface area (Å²) in [6, 6.07) is 3.55. The highest BCUT2D eigenvalue weighted by Gasteiger charge is 2.15. The summed E-state index contributed by atoms with van der Waals surface area (Å²) in [6.07, 6.45) is 0.680. The molecule has 1 rings (SSSR count). The van der Waals surface area contributed by atoms with Gasteiger partial charge in [-0.2, -0.15) is 0 Å². The van der Waals surface area contributed by atoms with Crippen molar-refractivity contribution in [1.29, 1.82) is 0 Å². The zero-order valence-electron chi connectivity index (χ0n) is 9.64. The lowest BCUT2D eigenvalue weighted by Gasteiger charge is -2.10. The number of amides is 1. The number of hydrogen-bond acceptors (Lipinski definition) is 4. The van der Waals surface area contributed by atoms with Crippen LogP contribution >= 0.6 is 0 Å². The molecule has 2 N–H and O–H groups in total. The Morgan fingerprint density at radius 3 is 2.71 bits per heavy atom. The van der Waals surface area contributed by atoms with E-state index >= 15 is 0 Å². The number of rotatable bonds is 4. The van der Waals surface area contributed by atoms with Gasteiger partial charge in [-0.25, -0.2) is 0 Å². The van der Waals surface area contributed by atoms with E-state index in [1.807, 2.05) is 6.92 Å². The summed E-state index contributed by atoms with van der Waals surface area (Å²) in [5, 5.41) is 22.5. The Kier molecular flexibility index (Phi) is 4.03. The van der Waals surface area contributed by atoms with Gasteiger partial charge in [0.2, 0.25) is 5.91 Å². The number of hydrogen-bond donors (Lipinski definition) is 2. The van der Waals surface area contributed by atoms with Crippen molar-refractivity contribution < 1.29 is 14.8 Å². The zero-order valence-corrected chi connectivity index (χ0v) is 9.64. The van der Waals surface area contributed by atoms with Crippen molar-refractivity contribution in [3.63, 3.8) is 0 Å². The van der Waals surface area contributed by atoms with E-state index in [0.717, 1.165) is 6.07 Å². The van der Waals surface area contributed by atoms with Crippen LogP contribution in [-0.4, -0.2) is 15.9 Å². The van der Waals surface area contributed by atoms with E-state index < -0.39 is 4.92 Å². The predicted octanol–water partition coefficient (Wildman–Crippen LogP) is 2.29. The smallest absolute Gasteiger partial charge is 0.273 e. The Balaban J connectivity index is 2.86. The lowest BCUT2D eigenvalue weighted by Crippen LogP contribution is -2.19. The third kappa shape index (κ3) is 3.17. The van der Waals surface area contributed by atoms with Gasteiger partial charge in [0.1, 0.15) is 5.75 Å². The van der Waals surface area contributed by atoms with Crippen LogP contribution in [0.5, 0.6) is 5.75 Å². The summed E-state index contributed by atoms with van der Waals surface area (Å²) in [5.41, 5.74) is -0.0371. The number of aromatic hydroxyl groups is 1. The third-order valence-corrected chi connectivity index (χ3v) is 2.51. The molecule has 0 saturated heterocycles. The fourth-order valence-corrected chi connectivity index (χ4v) is 1.18. The molecule has 1 aromatic rings. The van der Waals surface area contributed by atoms with Crippen molar-refractivity contribution in [2.45, 2.75) is 20.3 Å². The minimum absolute atomic E-state index is 0.176. The molecule has 0 aromatic heterocycles. The Bertz CT molecular complexity index is 445. The second-order valence-electron chi connectivity index (χ2n) is 3.76. The molecule has 0 spiro atoms. The third-order valence-electron chi connectivity index (χ3n) is 2.51. The summed E-state index contributed by atoms with van der Waals surface area (Å²) in [7, 11) is 0. The summed E-state index contributed by atoms with van der Waals surface area (Å²) in [6.45, 7) is 3.64. The van der Waals surface area contributed by atoms with Crippen LogP contribution in [0, 0.1) is 16.0 Å². The Labute approximate surface area is 98.4 Å². The minimum Gasteiger partial charge on any atom is -0.506 e. The van der Waals surface area contributed by atoms with Crippen LogP contribution in [0.15, 0.2) is 18.2 Å². The fourth-order valence-electron chi connectivity index (χ4n) is 1.18. The number of anilines is 1. The van der Waals surface area contributed by atoms with E-state index in [1.54, 1.807) is 6.92 Å². The number of carbonyl (C=O) groups is 1. The molecule has 0 fully saturated rings. The first-order valence-corrected chi connectivity index (χ1v) is 5.24. The molecule has 0 radical (unpaired) electrons. The number of benzene rings is 1. The van der Waals surface area contributed by atoms with Crippen LogP contribution in [0.4, 0.5) is 11.4 Å². The number of nitro groups is 1. The van der Waals surface area contributed by atoms with Crippen LogP contribution in [-0.2, 0) is 4.79 Å². The number of nitro benzene ring substituents is 1. The van der Waals surface area contributed by atoms with Gasteiger partial charge in [-0.3, -0.25) is 14.9 Å². The molecule has 1 atom stereocenters. The summed E-state index contributed by atoms with van der Waals surface area (Å²) in [5.74, 6) is -0.711. The SMILES string of the molecule is CCC(C)C(=O)Nc1ccc([N+](=O)[O-])cc1O. The maximum atomic E-state index is 11.6. The highest BCUT2D eigenvalue weighted by Crippen LogP contribution is 2.28. The van der Waals surface area contributed by atoms with Crippen molar-refractivity contribution >= 4 is 17.3 Å². The van der Waals surface area contributed by atoms with E-state index in [-0.39, 0.29) is 28.9 Å². The molecule has 6 nitrogen and oxygen atoms in total. The lowest BCUT2D eigenvalue weighted by molar-refractivity contribution is -0.384. The highest BCUT2D eigenvalue weighted by atomic mass is 16.6. The Hall–Kier alpha value is -2.11. The molecule has 92 valence electrons.